The van der Waals surface area contributed by atoms with E-state index in [0.29, 0.717) is 23.4 Å². The predicted octanol–water partition coefficient (Wildman–Crippen LogP) is 6.53. The summed E-state index contributed by atoms with van der Waals surface area (Å²) in [6, 6.07) is 7.79. The fraction of sp³-hybridized carbons (Fsp3) is 0.318. The van der Waals surface area contributed by atoms with Gasteiger partial charge in [-0.3, -0.25) is 4.79 Å². The van der Waals surface area contributed by atoms with E-state index >= 15 is 0 Å². The van der Waals surface area contributed by atoms with Gasteiger partial charge in [0.1, 0.15) is 18.2 Å². The SMILES string of the molecule is O=C(O)CCc1ccc(OCC2=C(c3cc(Cl)ccc3F)CCC2)cc1C(F)(F)F. The number of aryl methyl sites for hydroxylation is 1. The van der Waals surface area contributed by atoms with E-state index in [0.717, 1.165) is 23.6 Å². The summed E-state index contributed by atoms with van der Waals surface area (Å²) in [5, 5.41) is 9.14. The second-order valence-electron chi connectivity index (χ2n) is 7.06. The van der Waals surface area contributed by atoms with E-state index in [1.54, 1.807) is 0 Å². The molecule has 0 saturated carbocycles. The molecule has 0 amide bonds. The number of rotatable bonds is 7. The van der Waals surface area contributed by atoms with Gasteiger partial charge in [-0.05, 0) is 72.7 Å². The van der Waals surface area contributed by atoms with Crippen LogP contribution in [0.1, 0.15) is 42.4 Å². The highest BCUT2D eigenvalue weighted by molar-refractivity contribution is 6.30. The largest absolute Gasteiger partial charge is 0.489 e. The summed E-state index contributed by atoms with van der Waals surface area (Å²) in [6.07, 6.45) is -3.17. The minimum Gasteiger partial charge on any atom is -0.489 e. The number of halogens is 5. The lowest BCUT2D eigenvalue weighted by molar-refractivity contribution is -0.140. The fourth-order valence-electron chi connectivity index (χ4n) is 3.56. The third kappa shape index (κ3) is 5.33. The Hall–Kier alpha value is -2.54. The molecule has 0 bridgehead atoms. The highest BCUT2D eigenvalue weighted by Gasteiger charge is 2.34. The molecule has 0 unspecified atom stereocenters. The zero-order valence-electron chi connectivity index (χ0n) is 15.9. The molecule has 1 aliphatic rings. The molecule has 0 aliphatic heterocycles. The molecule has 3 nitrogen and oxygen atoms in total. The molecule has 0 heterocycles. The Morgan fingerprint density at radius 1 is 1.13 bits per heavy atom. The summed E-state index contributed by atoms with van der Waals surface area (Å²) in [5.41, 5.74) is 0.962. The van der Waals surface area contributed by atoms with Crippen LogP contribution in [0.25, 0.3) is 5.57 Å². The lowest BCUT2D eigenvalue weighted by Gasteiger charge is -2.16. The lowest BCUT2D eigenvalue weighted by Crippen LogP contribution is -2.11. The molecule has 0 fully saturated rings. The van der Waals surface area contributed by atoms with Crippen LogP contribution in [0.2, 0.25) is 5.02 Å². The van der Waals surface area contributed by atoms with Gasteiger partial charge >= 0.3 is 12.1 Å². The van der Waals surface area contributed by atoms with E-state index in [4.69, 9.17) is 21.4 Å². The Kier molecular flexibility index (Phi) is 6.71. The van der Waals surface area contributed by atoms with Crippen LogP contribution >= 0.6 is 11.6 Å². The molecule has 160 valence electrons. The van der Waals surface area contributed by atoms with Crippen molar-refractivity contribution in [3.63, 3.8) is 0 Å². The molecule has 30 heavy (non-hydrogen) atoms. The Morgan fingerprint density at radius 3 is 2.60 bits per heavy atom. The van der Waals surface area contributed by atoms with Crippen LogP contribution < -0.4 is 4.74 Å². The van der Waals surface area contributed by atoms with E-state index in [1.807, 2.05) is 0 Å². The normalized spacial score (nSPS) is 14.3. The van der Waals surface area contributed by atoms with Crippen LogP contribution in [0.4, 0.5) is 17.6 Å². The number of allylic oxidation sites excluding steroid dienone is 1. The van der Waals surface area contributed by atoms with Crippen LogP contribution in [0.5, 0.6) is 5.75 Å². The Balaban J connectivity index is 1.82. The number of alkyl halides is 3. The van der Waals surface area contributed by atoms with Crippen molar-refractivity contribution in [3.05, 3.63) is 69.5 Å². The molecule has 1 N–H and O–H groups in total. The Morgan fingerprint density at radius 2 is 1.90 bits per heavy atom. The van der Waals surface area contributed by atoms with Gasteiger partial charge in [0.25, 0.3) is 0 Å². The Labute approximate surface area is 175 Å². The molecule has 0 saturated heterocycles. The lowest BCUT2D eigenvalue weighted by atomic mass is 10.0. The molecule has 2 aromatic carbocycles. The van der Waals surface area contributed by atoms with Gasteiger partial charge in [0.15, 0.2) is 0 Å². The van der Waals surface area contributed by atoms with E-state index < -0.39 is 29.9 Å². The van der Waals surface area contributed by atoms with Gasteiger partial charge in [-0.15, -0.1) is 0 Å². The van der Waals surface area contributed by atoms with Gasteiger partial charge in [0.05, 0.1) is 5.56 Å². The average Bonchev–Trinajstić information content (AvgIpc) is 3.14. The van der Waals surface area contributed by atoms with Gasteiger partial charge in [-0.1, -0.05) is 17.7 Å². The first-order valence-corrected chi connectivity index (χ1v) is 9.74. The van der Waals surface area contributed by atoms with Gasteiger partial charge < -0.3 is 9.84 Å². The molecule has 1 aliphatic carbocycles. The first-order chi connectivity index (χ1) is 14.1. The molecule has 0 spiro atoms. The van der Waals surface area contributed by atoms with Crippen molar-refractivity contribution in [2.45, 2.75) is 38.3 Å². The molecule has 0 atom stereocenters. The molecular formula is C22H19ClF4O3. The second kappa shape index (κ2) is 9.08. The number of carboxylic acid groups (broad SMARTS) is 1. The van der Waals surface area contributed by atoms with E-state index in [2.05, 4.69) is 0 Å². The van der Waals surface area contributed by atoms with Gasteiger partial charge in [0.2, 0.25) is 0 Å². The fourth-order valence-corrected chi connectivity index (χ4v) is 3.73. The third-order valence-electron chi connectivity index (χ3n) is 4.99. The first kappa shape index (κ1) is 22.2. The minimum absolute atomic E-state index is 0.0201. The maximum atomic E-state index is 14.2. The topological polar surface area (TPSA) is 46.5 Å². The monoisotopic (exact) mass is 442 g/mol. The number of ether oxygens (including phenoxy) is 1. The number of hydrogen-bond donors (Lipinski definition) is 1. The van der Waals surface area contributed by atoms with Crippen LogP contribution in [0.15, 0.2) is 42.0 Å². The van der Waals surface area contributed by atoms with Crippen molar-refractivity contribution in [3.8, 4) is 5.75 Å². The summed E-state index contributed by atoms with van der Waals surface area (Å²) in [7, 11) is 0. The molecule has 3 rings (SSSR count). The van der Waals surface area contributed by atoms with Crippen LogP contribution in [-0.2, 0) is 17.4 Å². The standard InChI is InChI=1S/C22H19ClF4O3/c23-15-6-8-20(24)18(10-15)17-3-1-2-14(17)12-30-16-7-4-13(5-9-21(28)29)19(11-16)22(25,26)27/h4,6-8,10-11H,1-3,5,9,12H2,(H,28,29). The highest BCUT2D eigenvalue weighted by Crippen LogP contribution is 2.38. The van der Waals surface area contributed by atoms with E-state index in [-0.39, 0.29) is 24.3 Å². The number of benzene rings is 2. The number of carboxylic acids is 1. The van der Waals surface area contributed by atoms with Gasteiger partial charge in [-0.25, -0.2) is 4.39 Å². The third-order valence-corrected chi connectivity index (χ3v) is 5.23. The number of hydrogen-bond acceptors (Lipinski definition) is 2. The van der Waals surface area contributed by atoms with Crippen LogP contribution in [-0.4, -0.2) is 17.7 Å². The zero-order valence-corrected chi connectivity index (χ0v) is 16.6. The van der Waals surface area contributed by atoms with E-state index in [1.165, 1.54) is 30.3 Å². The van der Waals surface area contributed by atoms with Crippen LogP contribution in [0.3, 0.4) is 0 Å². The molecule has 0 aromatic heterocycles. The maximum Gasteiger partial charge on any atom is 0.416 e. The number of aliphatic carboxylic acids is 1. The van der Waals surface area contributed by atoms with Crippen molar-refractivity contribution in [2.75, 3.05) is 6.61 Å². The summed E-state index contributed by atoms with van der Waals surface area (Å²) in [5.74, 6) is -1.56. The Bertz CT molecular complexity index is 983. The highest BCUT2D eigenvalue weighted by atomic mass is 35.5. The summed E-state index contributed by atoms with van der Waals surface area (Å²) >= 11 is 5.97. The second-order valence-corrected chi connectivity index (χ2v) is 7.50. The molecule has 2 aromatic rings. The maximum absolute atomic E-state index is 14.2. The number of carbonyl (C=O) groups is 1. The van der Waals surface area contributed by atoms with E-state index in [9.17, 15) is 22.4 Å². The van der Waals surface area contributed by atoms with Gasteiger partial charge in [-0.2, -0.15) is 13.2 Å². The summed E-state index contributed by atoms with van der Waals surface area (Å²) in [4.78, 5) is 10.7. The quantitative estimate of drug-likeness (QED) is 0.496. The van der Waals surface area contributed by atoms with Crippen molar-refractivity contribution >= 4 is 23.1 Å². The smallest absolute Gasteiger partial charge is 0.416 e. The summed E-state index contributed by atoms with van der Waals surface area (Å²) < 4.78 is 60.0. The van der Waals surface area contributed by atoms with Gasteiger partial charge in [0, 0.05) is 17.0 Å². The van der Waals surface area contributed by atoms with Crippen molar-refractivity contribution in [2.24, 2.45) is 0 Å². The van der Waals surface area contributed by atoms with Crippen molar-refractivity contribution in [1.29, 1.82) is 0 Å². The molecule has 8 heteroatoms. The molecular weight excluding hydrogens is 424 g/mol. The first-order valence-electron chi connectivity index (χ1n) is 9.36. The predicted molar refractivity (Wildman–Crippen MR) is 105 cm³/mol. The molecule has 0 radical (unpaired) electrons. The summed E-state index contributed by atoms with van der Waals surface area (Å²) in [6.45, 7) is 0.0348. The van der Waals surface area contributed by atoms with Crippen molar-refractivity contribution < 1.29 is 32.2 Å². The van der Waals surface area contributed by atoms with Crippen LogP contribution in [0, 0.1) is 5.82 Å². The zero-order chi connectivity index (χ0) is 21.9. The minimum atomic E-state index is -4.63. The average molecular weight is 443 g/mol. The van der Waals surface area contributed by atoms with Crippen molar-refractivity contribution in [1.82, 2.24) is 0 Å².